The van der Waals surface area contributed by atoms with Gasteiger partial charge >= 0.3 is 0 Å². The second-order valence-corrected chi connectivity index (χ2v) is 6.14. The predicted molar refractivity (Wildman–Crippen MR) is 82.9 cm³/mol. The van der Waals surface area contributed by atoms with Crippen LogP contribution in [0.2, 0.25) is 0 Å². The number of hydrogen-bond acceptors (Lipinski definition) is 3. The predicted octanol–water partition coefficient (Wildman–Crippen LogP) is 4.13. The smallest absolute Gasteiger partial charge is 0.231 e. The van der Waals surface area contributed by atoms with Crippen LogP contribution < -0.4 is 5.32 Å². The number of anilines is 1. The topological polar surface area (TPSA) is 42.0 Å². The minimum absolute atomic E-state index is 0.0817. The fourth-order valence-corrected chi connectivity index (χ4v) is 2.92. The molecule has 100 valence electrons. The Labute approximate surface area is 129 Å². The van der Waals surface area contributed by atoms with Gasteiger partial charge in [0, 0.05) is 9.85 Å². The molecule has 6 heteroatoms. The van der Waals surface area contributed by atoms with Crippen molar-refractivity contribution < 1.29 is 4.79 Å². The molecule has 0 fully saturated rings. The van der Waals surface area contributed by atoms with Crippen LogP contribution in [-0.2, 0) is 17.1 Å². The molecule has 1 aromatic heterocycles. The average molecular weight is 360 g/mol. The van der Waals surface area contributed by atoms with E-state index in [1.54, 1.807) is 0 Å². The van der Waals surface area contributed by atoms with E-state index < -0.39 is 0 Å². The molecule has 0 aliphatic carbocycles. The highest BCUT2D eigenvalue weighted by Crippen LogP contribution is 2.23. The number of hydrogen-bond donors (Lipinski definition) is 1. The Kier molecular flexibility index (Phi) is 4.96. The fourth-order valence-electron chi connectivity index (χ4n) is 1.56. The number of nitrogens with one attached hydrogen (secondary N) is 1. The molecule has 1 N–H and O–H groups in total. The van der Waals surface area contributed by atoms with Crippen LogP contribution in [0.15, 0.2) is 28.1 Å². The zero-order valence-electron chi connectivity index (χ0n) is 10.2. The van der Waals surface area contributed by atoms with E-state index in [0.29, 0.717) is 5.88 Å². The third-order valence-corrected chi connectivity index (χ3v) is 4.31. The number of halogens is 2. The summed E-state index contributed by atoms with van der Waals surface area (Å²) in [5.41, 5.74) is 2.68. The number of carbonyl (C=O) groups is 1. The molecule has 0 bridgehead atoms. The largest absolute Gasteiger partial charge is 0.325 e. The van der Waals surface area contributed by atoms with E-state index in [1.807, 2.05) is 30.5 Å². The summed E-state index contributed by atoms with van der Waals surface area (Å²) < 4.78 is 0.868. The molecular weight excluding hydrogens is 348 g/mol. The van der Waals surface area contributed by atoms with Crippen molar-refractivity contribution in [2.24, 2.45) is 0 Å². The Morgan fingerprint density at radius 3 is 3.00 bits per heavy atom. The SMILES string of the molecule is Cc1ccc(Br)c(NC(=O)Cc2nc(CCl)cs2)c1. The van der Waals surface area contributed by atoms with Crippen LogP contribution >= 0.6 is 38.9 Å². The minimum atomic E-state index is -0.0817. The molecule has 0 aliphatic heterocycles. The molecule has 1 aromatic carbocycles. The van der Waals surface area contributed by atoms with Crippen molar-refractivity contribution >= 4 is 50.5 Å². The zero-order valence-corrected chi connectivity index (χ0v) is 13.4. The normalized spacial score (nSPS) is 10.5. The first-order chi connectivity index (χ1) is 9.08. The van der Waals surface area contributed by atoms with Crippen molar-refractivity contribution in [1.29, 1.82) is 0 Å². The van der Waals surface area contributed by atoms with Crippen molar-refractivity contribution in [3.63, 3.8) is 0 Å². The lowest BCUT2D eigenvalue weighted by Gasteiger charge is -2.07. The number of benzene rings is 1. The summed E-state index contributed by atoms with van der Waals surface area (Å²) in [6, 6.07) is 5.82. The van der Waals surface area contributed by atoms with Gasteiger partial charge in [0.15, 0.2) is 0 Å². The van der Waals surface area contributed by atoms with Gasteiger partial charge in [-0.15, -0.1) is 22.9 Å². The molecule has 2 aromatic rings. The Hall–Kier alpha value is -0.910. The first-order valence-corrected chi connectivity index (χ1v) is 7.84. The van der Waals surface area contributed by atoms with Gasteiger partial charge in [-0.25, -0.2) is 4.98 Å². The summed E-state index contributed by atoms with van der Waals surface area (Å²) in [5, 5.41) is 5.52. The van der Waals surface area contributed by atoms with Crippen molar-refractivity contribution in [2.75, 3.05) is 5.32 Å². The van der Waals surface area contributed by atoms with Gasteiger partial charge in [0.05, 0.1) is 23.7 Å². The number of rotatable bonds is 4. The molecule has 19 heavy (non-hydrogen) atoms. The number of nitrogens with zero attached hydrogens (tertiary/aromatic N) is 1. The summed E-state index contributed by atoms with van der Waals surface area (Å²) in [6.07, 6.45) is 0.266. The maximum atomic E-state index is 11.9. The van der Waals surface area contributed by atoms with E-state index in [9.17, 15) is 4.79 Å². The van der Waals surface area contributed by atoms with E-state index in [4.69, 9.17) is 11.6 Å². The third kappa shape index (κ3) is 4.03. The number of amides is 1. The maximum Gasteiger partial charge on any atom is 0.231 e. The summed E-state index contributed by atoms with van der Waals surface area (Å²) in [5.74, 6) is 0.295. The second-order valence-electron chi connectivity index (χ2n) is 4.07. The van der Waals surface area contributed by atoms with Crippen molar-refractivity contribution in [3.05, 3.63) is 44.3 Å². The monoisotopic (exact) mass is 358 g/mol. The zero-order chi connectivity index (χ0) is 13.8. The molecule has 1 amide bonds. The molecule has 0 saturated carbocycles. The number of thiazole rings is 1. The van der Waals surface area contributed by atoms with Crippen molar-refractivity contribution in [2.45, 2.75) is 19.2 Å². The third-order valence-electron chi connectivity index (χ3n) is 2.44. The van der Waals surface area contributed by atoms with Gasteiger partial charge in [-0.1, -0.05) is 6.07 Å². The molecule has 0 saturated heterocycles. The summed E-state index contributed by atoms with van der Waals surface area (Å²) in [4.78, 5) is 16.2. The van der Waals surface area contributed by atoms with E-state index >= 15 is 0 Å². The van der Waals surface area contributed by atoms with Gasteiger partial charge in [0.2, 0.25) is 5.91 Å². The molecule has 2 rings (SSSR count). The van der Waals surface area contributed by atoms with E-state index in [0.717, 1.165) is 26.4 Å². The average Bonchev–Trinajstić information content (AvgIpc) is 2.81. The highest BCUT2D eigenvalue weighted by Gasteiger charge is 2.09. The summed E-state index contributed by atoms with van der Waals surface area (Å²) in [7, 11) is 0. The highest BCUT2D eigenvalue weighted by atomic mass is 79.9. The molecule has 0 atom stereocenters. The quantitative estimate of drug-likeness (QED) is 0.834. The first-order valence-electron chi connectivity index (χ1n) is 5.63. The van der Waals surface area contributed by atoms with E-state index in [2.05, 4.69) is 26.2 Å². The van der Waals surface area contributed by atoms with Gasteiger partial charge in [-0.05, 0) is 40.5 Å². The Morgan fingerprint density at radius 1 is 1.53 bits per heavy atom. The molecule has 0 radical (unpaired) electrons. The Morgan fingerprint density at radius 2 is 2.32 bits per heavy atom. The van der Waals surface area contributed by atoms with E-state index in [-0.39, 0.29) is 12.3 Å². The lowest BCUT2D eigenvalue weighted by atomic mass is 10.2. The second kappa shape index (κ2) is 6.50. The lowest BCUT2D eigenvalue weighted by molar-refractivity contribution is -0.115. The van der Waals surface area contributed by atoms with Crippen LogP contribution in [0.3, 0.4) is 0 Å². The van der Waals surface area contributed by atoms with Crippen LogP contribution in [0.5, 0.6) is 0 Å². The maximum absolute atomic E-state index is 11.9. The van der Waals surface area contributed by atoms with E-state index in [1.165, 1.54) is 11.3 Å². The van der Waals surface area contributed by atoms with Crippen LogP contribution in [0.1, 0.15) is 16.3 Å². The standard InChI is InChI=1S/C13H12BrClN2OS/c1-8-2-3-10(14)11(4-8)17-12(18)5-13-16-9(6-15)7-19-13/h2-4,7H,5-6H2,1H3,(H,17,18). The van der Waals surface area contributed by atoms with Crippen molar-refractivity contribution in [1.82, 2.24) is 4.98 Å². The lowest BCUT2D eigenvalue weighted by Crippen LogP contribution is -2.14. The summed E-state index contributed by atoms with van der Waals surface area (Å²) in [6.45, 7) is 1.98. The number of alkyl halides is 1. The fraction of sp³-hybridized carbons (Fsp3) is 0.231. The molecular formula is C13H12BrClN2OS. The van der Waals surface area contributed by atoms with Crippen molar-refractivity contribution in [3.8, 4) is 0 Å². The summed E-state index contributed by atoms with van der Waals surface area (Å²) >= 11 is 10.5. The highest BCUT2D eigenvalue weighted by molar-refractivity contribution is 9.10. The number of aromatic nitrogens is 1. The van der Waals surface area contributed by atoms with Crippen LogP contribution in [0.25, 0.3) is 0 Å². The van der Waals surface area contributed by atoms with Gasteiger partial charge in [-0.3, -0.25) is 4.79 Å². The molecule has 0 aliphatic rings. The molecule has 3 nitrogen and oxygen atoms in total. The van der Waals surface area contributed by atoms with Crippen LogP contribution in [-0.4, -0.2) is 10.9 Å². The minimum Gasteiger partial charge on any atom is -0.325 e. The molecule has 0 spiro atoms. The van der Waals surface area contributed by atoms with Gasteiger partial charge in [0.1, 0.15) is 5.01 Å². The van der Waals surface area contributed by atoms with Gasteiger partial charge in [-0.2, -0.15) is 0 Å². The van der Waals surface area contributed by atoms with Crippen LogP contribution in [0.4, 0.5) is 5.69 Å². The Bertz CT molecular complexity index is 600. The Balaban J connectivity index is 2.03. The molecule has 1 heterocycles. The number of aryl methyl sites for hydroxylation is 1. The van der Waals surface area contributed by atoms with Gasteiger partial charge in [0.25, 0.3) is 0 Å². The number of carbonyl (C=O) groups excluding carboxylic acids is 1. The first kappa shape index (κ1) is 14.5. The van der Waals surface area contributed by atoms with Gasteiger partial charge < -0.3 is 5.32 Å². The van der Waals surface area contributed by atoms with Crippen LogP contribution in [0, 0.1) is 6.92 Å². The molecule has 0 unspecified atom stereocenters.